The van der Waals surface area contributed by atoms with Crippen LogP contribution in [0, 0.1) is 17.8 Å². The lowest BCUT2D eigenvalue weighted by Gasteiger charge is -2.39. The summed E-state index contributed by atoms with van der Waals surface area (Å²) in [6.45, 7) is 2.98. The van der Waals surface area contributed by atoms with Gasteiger partial charge < -0.3 is 9.80 Å². The SMILES string of the molecule is CN(CCCCCCCCSc1cccc2c1CN(C1CCC(=O)NC1=O)C2=O)CCC1CC2CCCC(C2)C1. The van der Waals surface area contributed by atoms with E-state index in [-0.39, 0.29) is 24.1 Å². The fourth-order valence-corrected chi connectivity index (χ4v) is 8.78. The Morgan fingerprint density at radius 3 is 2.45 bits per heavy atom. The van der Waals surface area contributed by atoms with Crippen molar-refractivity contribution in [3.8, 4) is 0 Å². The maximum atomic E-state index is 13.0. The van der Waals surface area contributed by atoms with E-state index in [1.165, 1.54) is 96.6 Å². The second-order valence-electron chi connectivity index (χ2n) is 13.0. The smallest absolute Gasteiger partial charge is 0.255 e. The van der Waals surface area contributed by atoms with Crippen LogP contribution in [0.25, 0.3) is 0 Å². The normalized spacial score (nSPS) is 26.4. The van der Waals surface area contributed by atoms with Gasteiger partial charge in [0.05, 0.1) is 0 Å². The van der Waals surface area contributed by atoms with E-state index in [1.807, 2.05) is 23.9 Å². The zero-order chi connectivity index (χ0) is 27.9. The van der Waals surface area contributed by atoms with Gasteiger partial charge in [-0.1, -0.05) is 51.0 Å². The predicted octanol–water partition coefficient (Wildman–Crippen LogP) is 6.42. The Morgan fingerprint density at radius 2 is 1.68 bits per heavy atom. The Kier molecular flexibility index (Phi) is 10.6. The fourth-order valence-electron chi connectivity index (χ4n) is 7.69. The number of nitrogens with one attached hydrogen (secondary N) is 1. The van der Waals surface area contributed by atoms with Gasteiger partial charge in [0.15, 0.2) is 0 Å². The molecule has 4 aliphatic rings. The second-order valence-corrected chi connectivity index (χ2v) is 14.1. The van der Waals surface area contributed by atoms with E-state index in [0.717, 1.165) is 34.0 Å². The van der Waals surface area contributed by atoms with Crippen molar-refractivity contribution in [3.05, 3.63) is 29.3 Å². The number of carbonyl (C=O) groups is 3. The Morgan fingerprint density at radius 1 is 0.925 bits per heavy atom. The van der Waals surface area contributed by atoms with Crippen LogP contribution in [0.3, 0.4) is 0 Å². The highest BCUT2D eigenvalue weighted by Gasteiger charge is 2.39. The third-order valence-corrected chi connectivity index (χ3v) is 11.1. The van der Waals surface area contributed by atoms with Crippen LogP contribution in [0.15, 0.2) is 23.1 Å². The molecule has 2 bridgehead atoms. The first kappa shape index (κ1) is 29.6. The highest BCUT2D eigenvalue weighted by Crippen LogP contribution is 2.43. The predicted molar refractivity (Wildman–Crippen MR) is 161 cm³/mol. The number of hydrogen-bond acceptors (Lipinski definition) is 5. The second kappa shape index (κ2) is 14.4. The molecular formula is C33H49N3O3S. The fraction of sp³-hybridized carbons (Fsp3) is 0.727. The lowest BCUT2D eigenvalue weighted by molar-refractivity contribution is -0.136. The monoisotopic (exact) mass is 567 g/mol. The van der Waals surface area contributed by atoms with Gasteiger partial charge in [-0.3, -0.25) is 19.7 Å². The molecule has 5 rings (SSSR count). The van der Waals surface area contributed by atoms with Crippen molar-refractivity contribution in [1.82, 2.24) is 15.1 Å². The lowest BCUT2D eigenvalue weighted by atomic mass is 9.67. The maximum Gasteiger partial charge on any atom is 0.255 e. The van der Waals surface area contributed by atoms with Crippen LogP contribution in [0.1, 0.15) is 112 Å². The van der Waals surface area contributed by atoms with Gasteiger partial charge in [-0.25, -0.2) is 0 Å². The van der Waals surface area contributed by atoms with Crippen LogP contribution in [0.4, 0.5) is 0 Å². The molecule has 220 valence electrons. The number of unbranched alkanes of at least 4 members (excludes halogenated alkanes) is 5. The van der Waals surface area contributed by atoms with Gasteiger partial charge in [-0.05, 0) is 106 Å². The molecule has 3 atom stereocenters. The van der Waals surface area contributed by atoms with Crippen molar-refractivity contribution >= 4 is 29.5 Å². The van der Waals surface area contributed by atoms with Crippen molar-refractivity contribution < 1.29 is 14.4 Å². The first-order valence-electron chi connectivity index (χ1n) is 16.1. The number of piperidine rings is 1. The van der Waals surface area contributed by atoms with E-state index in [1.54, 1.807) is 4.90 Å². The number of thioether (sulfide) groups is 1. The lowest BCUT2D eigenvalue weighted by Crippen LogP contribution is -2.52. The summed E-state index contributed by atoms with van der Waals surface area (Å²) in [6.07, 6.45) is 18.8. The molecule has 1 saturated heterocycles. The molecule has 3 unspecified atom stereocenters. The zero-order valence-corrected chi connectivity index (χ0v) is 25.3. The molecule has 0 radical (unpaired) electrons. The van der Waals surface area contributed by atoms with Gasteiger partial charge in [0, 0.05) is 23.4 Å². The number of hydrogen-bond donors (Lipinski definition) is 1. The number of benzene rings is 1. The zero-order valence-electron chi connectivity index (χ0n) is 24.5. The van der Waals surface area contributed by atoms with Gasteiger partial charge in [0.25, 0.3) is 5.91 Å². The highest BCUT2D eigenvalue weighted by molar-refractivity contribution is 7.99. The van der Waals surface area contributed by atoms with Crippen molar-refractivity contribution in [2.24, 2.45) is 17.8 Å². The Balaban J connectivity index is 0.923. The molecule has 0 aromatic heterocycles. The van der Waals surface area contributed by atoms with Crippen LogP contribution < -0.4 is 5.32 Å². The van der Waals surface area contributed by atoms with Gasteiger partial charge in [-0.15, -0.1) is 11.8 Å². The maximum absolute atomic E-state index is 13.0. The van der Waals surface area contributed by atoms with E-state index in [4.69, 9.17) is 0 Å². The standard InChI is InChI=1S/C33H49N3O3S/c1-35(18-16-26-21-24-10-8-11-25(20-24)22-26)17-6-4-2-3-5-7-19-40-30-13-9-12-27-28(30)23-36(33(27)39)29-14-15-31(37)34-32(29)38/h9,12-13,24-26,29H,2-8,10-11,14-23H2,1H3,(H,34,37,38). The molecule has 6 nitrogen and oxygen atoms in total. The molecule has 0 spiro atoms. The van der Waals surface area contributed by atoms with Crippen molar-refractivity contribution in [2.75, 3.05) is 25.9 Å². The molecule has 2 aliphatic heterocycles. The number of amides is 3. The molecule has 2 aliphatic carbocycles. The van der Waals surface area contributed by atoms with Gasteiger partial charge in [-0.2, -0.15) is 0 Å². The summed E-state index contributed by atoms with van der Waals surface area (Å²) in [5.41, 5.74) is 1.75. The molecule has 2 saturated carbocycles. The summed E-state index contributed by atoms with van der Waals surface area (Å²) >= 11 is 1.83. The van der Waals surface area contributed by atoms with E-state index in [2.05, 4.69) is 23.3 Å². The third kappa shape index (κ3) is 7.70. The molecule has 7 heteroatoms. The molecule has 40 heavy (non-hydrogen) atoms. The molecule has 3 amide bonds. The summed E-state index contributed by atoms with van der Waals surface area (Å²) in [5.74, 6) is 3.46. The molecule has 3 fully saturated rings. The van der Waals surface area contributed by atoms with E-state index in [0.29, 0.717) is 18.5 Å². The number of rotatable bonds is 14. The topological polar surface area (TPSA) is 69.7 Å². The summed E-state index contributed by atoms with van der Waals surface area (Å²) in [5, 5.41) is 2.38. The average molecular weight is 568 g/mol. The summed E-state index contributed by atoms with van der Waals surface area (Å²) in [7, 11) is 2.32. The number of carbonyl (C=O) groups excluding carboxylic acids is 3. The van der Waals surface area contributed by atoms with Crippen LogP contribution >= 0.6 is 11.8 Å². The van der Waals surface area contributed by atoms with Crippen molar-refractivity contribution in [1.29, 1.82) is 0 Å². The summed E-state index contributed by atoms with van der Waals surface area (Å²) in [4.78, 5) is 42.2. The van der Waals surface area contributed by atoms with Gasteiger partial charge in [0.1, 0.15) is 6.04 Å². The van der Waals surface area contributed by atoms with Crippen LogP contribution in [0.2, 0.25) is 0 Å². The molecular weight excluding hydrogens is 518 g/mol. The number of imide groups is 1. The quantitative estimate of drug-likeness (QED) is 0.160. The molecule has 1 aromatic carbocycles. The molecule has 1 aromatic rings. The average Bonchev–Trinajstić information content (AvgIpc) is 3.27. The number of fused-ring (bicyclic) bond motifs is 3. The van der Waals surface area contributed by atoms with Crippen molar-refractivity contribution in [2.45, 2.75) is 114 Å². The van der Waals surface area contributed by atoms with E-state index < -0.39 is 6.04 Å². The largest absolute Gasteiger partial charge is 0.322 e. The first-order valence-corrected chi connectivity index (χ1v) is 17.0. The first-order chi connectivity index (χ1) is 19.5. The Labute approximate surface area is 245 Å². The highest BCUT2D eigenvalue weighted by atomic mass is 32.2. The Hall–Kier alpha value is -1.86. The van der Waals surface area contributed by atoms with Gasteiger partial charge >= 0.3 is 0 Å². The minimum absolute atomic E-state index is 0.0890. The third-order valence-electron chi connectivity index (χ3n) is 9.87. The number of nitrogens with zero attached hydrogens (tertiary/aromatic N) is 2. The summed E-state index contributed by atoms with van der Waals surface area (Å²) < 4.78 is 0. The van der Waals surface area contributed by atoms with Crippen LogP contribution in [0.5, 0.6) is 0 Å². The van der Waals surface area contributed by atoms with Crippen LogP contribution in [-0.2, 0) is 16.1 Å². The minimum atomic E-state index is -0.549. The van der Waals surface area contributed by atoms with Crippen LogP contribution in [-0.4, -0.2) is 59.5 Å². The van der Waals surface area contributed by atoms with Gasteiger partial charge in [0.2, 0.25) is 11.8 Å². The molecule has 1 N–H and O–H groups in total. The Bertz CT molecular complexity index is 1030. The minimum Gasteiger partial charge on any atom is -0.322 e. The van der Waals surface area contributed by atoms with E-state index >= 15 is 0 Å². The molecule has 2 heterocycles. The summed E-state index contributed by atoms with van der Waals surface area (Å²) in [6, 6.07) is 5.36. The van der Waals surface area contributed by atoms with E-state index in [9.17, 15) is 14.4 Å². The van der Waals surface area contributed by atoms with Crippen molar-refractivity contribution in [3.63, 3.8) is 0 Å².